The monoisotopic (exact) mass is 205 g/mol. The van der Waals surface area contributed by atoms with E-state index in [2.05, 4.69) is 29.6 Å². The summed E-state index contributed by atoms with van der Waals surface area (Å²) < 4.78 is 5.42. The summed E-state index contributed by atoms with van der Waals surface area (Å²) in [6, 6.07) is 9.15. The van der Waals surface area contributed by atoms with E-state index >= 15 is 0 Å². The summed E-state index contributed by atoms with van der Waals surface area (Å²) in [6.07, 6.45) is 3.78. The van der Waals surface area contributed by atoms with E-state index in [0.717, 1.165) is 18.8 Å². The minimum atomic E-state index is 0.683. The van der Waals surface area contributed by atoms with Gasteiger partial charge < -0.3 is 10.1 Å². The highest BCUT2D eigenvalue weighted by atomic mass is 16.5. The number of nitrogens with one attached hydrogen (secondary N) is 1. The molecule has 0 saturated carbocycles. The summed E-state index contributed by atoms with van der Waals surface area (Å²) in [5.41, 5.74) is 1.40. The van der Waals surface area contributed by atoms with Crippen LogP contribution in [0.25, 0.3) is 0 Å². The average molecular weight is 205 g/mol. The summed E-state index contributed by atoms with van der Waals surface area (Å²) in [5, 5.41) is 3.51. The van der Waals surface area contributed by atoms with Gasteiger partial charge in [-0.1, -0.05) is 12.1 Å². The fourth-order valence-electron chi connectivity index (χ4n) is 2.10. The van der Waals surface area contributed by atoms with Crippen LogP contribution < -0.4 is 10.1 Å². The van der Waals surface area contributed by atoms with E-state index in [1.54, 1.807) is 0 Å². The van der Waals surface area contributed by atoms with Crippen molar-refractivity contribution in [1.82, 2.24) is 5.32 Å². The SMILES string of the molecule is CCOc1ccc(C[C@@H]2CCCN2)cc1. The lowest BCUT2D eigenvalue weighted by atomic mass is 10.0. The molecule has 0 unspecified atom stereocenters. The quantitative estimate of drug-likeness (QED) is 0.815. The lowest BCUT2D eigenvalue weighted by molar-refractivity contribution is 0.340. The summed E-state index contributed by atoms with van der Waals surface area (Å²) >= 11 is 0. The van der Waals surface area contributed by atoms with Crippen molar-refractivity contribution in [2.75, 3.05) is 13.2 Å². The second-order valence-corrected chi connectivity index (χ2v) is 4.07. The van der Waals surface area contributed by atoms with Gasteiger partial charge >= 0.3 is 0 Å². The minimum absolute atomic E-state index is 0.683. The normalized spacial score (nSPS) is 20.5. The molecule has 2 heteroatoms. The fraction of sp³-hybridized carbons (Fsp3) is 0.538. The Balaban J connectivity index is 1.91. The molecule has 0 aliphatic carbocycles. The van der Waals surface area contributed by atoms with Crippen molar-refractivity contribution in [2.45, 2.75) is 32.2 Å². The van der Waals surface area contributed by atoms with Crippen molar-refractivity contribution in [1.29, 1.82) is 0 Å². The predicted octanol–water partition coefficient (Wildman–Crippen LogP) is 2.38. The standard InChI is InChI=1S/C13H19NO/c1-2-15-13-7-5-11(6-8-13)10-12-4-3-9-14-12/h5-8,12,14H,2-4,9-10H2,1H3/t12-/m0/s1. The molecule has 1 aromatic rings. The van der Waals surface area contributed by atoms with Gasteiger partial charge in [-0.05, 0) is 50.4 Å². The molecular weight excluding hydrogens is 186 g/mol. The molecule has 1 atom stereocenters. The molecule has 1 aliphatic heterocycles. The minimum Gasteiger partial charge on any atom is -0.494 e. The van der Waals surface area contributed by atoms with Crippen LogP contribution in [-0.2, 0) is 6.42 Å². The van der Waals surface area contributed by atoms with E-state index in [1.165, 1.54) is 24.9 Å². The molecule has 82 valence electrons. The highest BCUT2D eigenvalue weighted by Crippen LogP contribution is 2.16. The number of benzene rings is 1. The molecule has 2 nitrogen and oxygen atoms in total. The molecule has 15 heavy (non-hydrogen) atoms. The van der Waals surface area contributed by atoms with Crippen LogP contribution in [0.4, 0.5) is 0 Å². The molecule has 0 spiro atoms. The topological polar surface area (TPSA) is 21.3 Å². The van der Waals surface area contributed by atoms with Crippen LogP contribution in [0.1, 0.15) is 25.3 Å². The molecule has 1 saturated heterocycles. The Bertz CT molecular complexity index is 288. The Morgan fingerprint density at radius 1 is 1.33 bits per heavy atom. The van der Waals surface area contributed by atoms with Gasteiger partial charge in [-0.15, -0.1) is 0 Å². The van der Waals surface area contributed by atoms with Gasteiger partial charge in [-0.3, -0.25) is 0 Å². The highest BCUT2D eigenvalue weighted by Gasteiger charge is 2.13. The van der Waals surface area contributed by atoms with Crippen LogP contribution in [0.2, 0.25) is 0 Å². The zero-order valence-electron chi connectivity index (χ0n) is 9.33. The summed E-state index contributed by atoms with van der Waals surface area (Å²) in [4.78, 5) is 0. The van der Waals surface area contributed by atoms with E-state index in [9.17, 15) is 0 Å². The molecule has 1 heterocycles. The van der Waals surface area contributed by atoms with Crippen molar-refractivity contribution < 1.29 is 4.74 Å². The third kappa shape index (κ3) is 2.96. The number of rotatable bonds is 4. The van der Waals surface area contributed by atoms with E-state index in [4.69, 9.17) is 4.74 Å². The van der Waals surface area contributed by atoms with Crippen molar-refractivity contribution in [2.24, 2.45) is 0 Å². The molecule has 0 amide bonds. The first-order valence-electron chi connectivity index (χ1n) is 5.83. The van der Waals surface area contributed by atoms with Gasteiger partial charge in [-0.25, -0.2) is 0 Å². The molecule has 0 bridgehead atoms. The Kier molecular flexibility index (Phi) is 3.62. The van der Waals surface area contributed by atoms with Crippen LogP contribution >= 0.6 is 0 Å². The van der Waals surface area contributed by atoms with Gasteiger partial charge in [0.05, 0.1) is 6.61 Å². The maximum Gasteiger partial charge on any atom is 0.119 e. The van der Waals surface area contributed by atoms with Gasteiger partial charge in [0.1, 0.15) is 5.75 Å². The van der Waals surface area contributed by atoms with E-state index in [-0.39, 0.29) is 0 Å². The largest absolute Gasteiger partial charge is 0.494 e. The van der Waals surface area contributed by atoms with Crippen molar-refractivity contribution in [3.05, 3.63) is 29.8 Å². The molecule has 0 aromatic heterocycles. The maximum absolute atomic E-state index is 5.42. The summed E-state index contributed by atoms with van der Waals surface area (Å²) in [7, 11) is 0. The molecule has 0 radical (unpaired) electrons. The first-order valence-corrected chi connectivity index (χ1v) is 5.83. The molecule has 2 rings (SSSR count). The van der Waals surface area contributed by atoms with Gasteiger partial charge in [0.25, 0.3) is 0 Å². The zero-order chi connectivity index (χ0) is 10.5. The molecule has 1 fully saturated rings. The molecule has 1 N–H and O–H groups in total. The predicted molar refractivity (Wildman–Crippen MR) is 62.3 cm³/mol. The average Bonchev–Trinajstić information content (AvgIpc) is 2.74. The van der Waals surface area contributed by atoms with Crippen LogP contribution in [0.3, 0.4) is 0 Å². The zero-order valence-corrected chi connectivity index (χ0v) is 9.33. The number of hydrogen-bond donors (Lipinski definition) is 1. The third-order valence-electron chi connectivity index (χ3n) is 2.88. The van der Waals surface area contributed by atoms with Gasteiger partial charge in [0.2, 0.25) is 0 Å². The lowest BCUT2D eigenvalue weighted by Gasteiger charge is -2.10. The maximum atomic E-state index is 5.42. The number of hydrogen-bond acceptors (Lipinski definition) is 2. The second-order valence-electron chi connectivity index (χ2n) is 4.07. The van der Waals surface area contributed by atoms with Crippen molar-refractivity contribution in [3.8, 4) is 5.75 Å². The van der Waals surface area contributed by atoms with Crippen LogP contribution in [0, 0.1) is 0 Å². The van der Waals surface area contributed by atoms with E-state index < -0.39 is 0 Å². The molecule has 1 aromatic carbocycles. The van der Waals surface area contributed by atoms with E-state index in [1.807, 2.05) is 6.92 Å². The summed E-state index contributed by atoms with van der Waals surface area (Å²) in [5.74, 6) is 0.973. The lowest BCUT2D eigenvalue weighted by Crippen LogP contribution is -2.23. The third-order valence-corrected chi connectivity index (χ3v) is 2.88. The van der Waals surface area contributed by atoms with Gasteiger partial charge in [0.15, 0.2) is 0 Å². The fourth-order valence-corrected chi connectivity index (χ4v) is 2.10. The molecule has 1 aliphatic rings. The van der Waals surface area contributed by atoms with Crippen LogP contribution in [0.5, 0.6) is 5.75 Å². The first kappa shape index (κ1) is 10.5. The van der Waals surface area contributed by atoms with Crippen molar-refractivity contribution >= 4 is 0 Å². The van der Waals surface area contributed by atoms with Crippen molar-refractivity contribution in [3.63, 3.8) is 0 Å². The second kappa shape index (κ2) is 5.17. The van der Waals surface area contributed by atoms with Crippen LogP contribution in [0.15, 0.2) is 24.3 Å². The Hall–Kier alpha value is -1.02. The van der Waals surface area contributed by atoms with Crippen LogP contribution in [-0.4, -0.2) is 19.2 Å². The Labute approximate surface area is 91.6 Å². The van der Waals surface area contributed by atoms with E-state index in [0.29, 0.717) is 6.04 Å². The number of ether oxygens (including phenoxy) is 1. The first-order chi connectivity index (χ1) is 7.38. The Morgan fingerprint density at radius 3 is 2.73 bits per heavy atom. The smallest absolute Gasteiger partial charge is 0.119 e. The van der Waals surface area contributed by atoms with Gasteiger partial charge in [-0.2, -0.15) is 0 Å². The van der Waals surface area contributed by atoms with Gasteiger partial charge in [0, 0.05) is 6.04 Å². The Morgan fingerprint density at radius 2 is 2.13 bits per heavy atom. The summed E-state index contributed by atoms with van der Waals surface area (Å²) in [6.45, 7) is 3.93. The highest BCUT2D eigenvalue weighted by molar-refractivity contribution is 5.27. The molecular formula is C13H19NO.